The molecule has 20 heavy (non-hydrogen) atoms. The van der Waals surface area contributed by atoms with E-state index in [1.54, 1.807) is 18.2 Å². The van der Waals surface area contributed by atoms with Crippen LogP contribution in [0, 0.1) is 5.82 Å². The molecule has 2 nitrogen and oxygen atoms in total. The van der Waals surface area contributed by atoms with Gasteiger partial charge in [0, 0.05) is 5.39 Å². The smallest absolute Gasteiger partial charge is 0.181 e. The Kier molecular flexibility index (Phi) is 3.52. The molecule has 1 heterocycles. The van der Waals surface area contributed by atoms with E-state index < -0.39 is 5.82 Å². The summed E-state index contributed by atoms with van der Waals surface area (Å²) in [7, 11) is 0. The first-order chi connectivity index (χ1) is 9.74. The van der Waals surface area contributed by atoms with Crippen molar-refractivity contribution >= 4 is 22.5 Å². The number of hydrogen-bond donors (Lipinski definition) is 0. The third-order valence-electron chi connectivity index (χ3n) is 2.96. The van der Waals surface area contributed by atoms with Gasteiger partial charge in [0.2, 0.25) is 0 Å². The summed E-state index contributed by atoms with van der Waals surface area (Å²) in [6.07, 6.45) is 0. The summed E-state index contributed by atoms with van der Waals surface area (Å²) >= 11 is 5.87. The molecule has 3 aromatic rings. The number of halogens is 2. The summed E-state index contributed by atoms with van der Waals surface area (Å²) < 4.78 is 19.5. The monoisotopic (exact) mass is 287 g/mol. The molecule has 0 spiro atoms. The Balaban J connectivity index is 1.97. The van der Waals surface area contributed by atoms with Gasteiger partial charge in [-0.3, -0.25) is 0 Å². The molecule has 0 unspecified atom stereocenters. The largest absolute Gasteiger partial charge is 0.484 e. The summed E-state index contributed by atoms with van der Waals surface area (Å²) in [5.74, 6) is -0.308. The molecule has 2 aromatic carbocycles. The number of hydrogen-bond acceptors (Lipinski definition) is 2. The van der Waals surface area contributed by atoms with Crippen LogP contribution < -0.4 is 4.74 Å². The highest BCUT2D eigenvalue weighted by Crippen LogP contribution is 2.29. The molecular formula is C16H11ClFNO. The van der Waals surface area contributed by atoms with Crippen LogP contribution in [0.15, 0.2) is 54.6 Å². The molecule has 0 bridgehead atoms. The molecule has 0 fully saturated rings. The molecule has 0 N–H and O–H groups in total. The minimum atomic E-state index is -0.441. The molecule has 0 atom stereocenters. The van der Waals surface area contributed by atoms with Gasteiger partial charge in [-0.2, -0.15) is 0 Å². The topological polar surface area (TPSA) is 22.1 Å². The second-order valence-corrected chi connectivity index (χ2v) is 4.74. The highest BCUT2D eigenvalue weighted by atomic mass is 35.5. The van der Waals surface area contributed by atoms with Crippen molar-refractivity contribution in [2.24, 2.45) is 0 Å². The number of ether oxygens (including phenoxy) is 1. The predicted molar refractivity (Wildman–Crippen MR) is 77.5 cm³/mol. The van der Waals surface area contributed by atoms with E-state index in [0.29, 0.717) is 10.7 Å². The minimum absolute atomic E-state index is 0.133. The fraction of sp³-hybridized carbons (Fsp3) is 0.0625. The zero-order valence-corrected chi connectivity index (χ0v) is 11.3. The van der Waals surface area contributed by atoms with E-state index in [2.05, 4.69) is 4.98 Å². The van der Waals surface area contributed by atoms with Gasteiger partial charge in [-0.1, -0.05) is 41.9 Å². The summed E-state index contributed by atoms with van der Waals surface area (Å²) in [4.78, 5) is 4.15. The molecule has 0 saturated heterocycles. The van der Waals surface area contributed by atoms with E-state index in [1.807, 2.05) is 30.3 Å². The zero-order valence-electron chi connectivity index (χ0n) is 10.5. The van der Waals surface area contributed by atoms with E-state index in [0.717, 1.165) is 10.9 Å². The van der Waals surface area contributed by atoms with Gasteiger partial charge >= 0.3 is 0 Å². The summed E-state index contributed by atoms with van der Waals surface area (Å²) in [6.45, 7) is 0.283. The van der Waals surface area contributed by atoms with Crippen molar-refractivity contribution in [2.45, 2.75) is 6.61 Å². The Bertz CT molecular complexity index is 741. The molecule has 0 amide bonds. The Hall–Kier alpha value is -2.13. The van der Waals surface area contributed by atoms with Gasteiger partial charge in [-0.25, -0.2) is 9.37 Å². The first-order valence-corrected chi connectivity index (χ1v) is 6.53. The fourth-order valence-electron chi connectivity index (χ4n) is 1.98. The highest BCUT2D eigenvalue weighted by molar-refractivity contribution is 6.29. The molecule has 0 aliphatic carbocycles. The average molecular weight is 288 g/mol. The van der Waals surface area contributed by atoms with Crippen LogP contribution >= 0.6 is 11.6 Å². The van der Waals surface area contributed by atoms with Crippen LogP contribution in [0.3, 0.4) is 0 Å². The second kappa shape index (κ2) is 5.47. The van der Waals surface area contributed by atoms with Gasteiger partial charge in [0.25, 0.3) is 0 Å². The van der Waals surface area contributed by atoms with Crippen molar-refractivity contribution in [3.63, 3.8) is 0 Å². The van der Waals surface area contributed by atoms with Crippen LogP contribution in [0.1, 0.15) is 5.56 Å². The van der Waals surface area contributed by atoms with Crippen LogP contribution in [0.25, 0.3) is 10.9 Å². The summed E-state index contributed by atoms with van der Waals surface area (Å²) in [5.41, 5.74) is 1.40. The molecule has 0 aliphatic rings. The van der Waals surface area contributed by atoms with Crippen LogP contribution in [-0.4, -0.2) is 4.98 Å². The summed E-state index contributed by atoms with van der Waals surface area (Å²) in [6, 6.07) is 16.1. The molecule has 100 valence electrons. The van der Waals surface area contributed by atoms with Gasteiger partial charge in [-0.15, -0.1) is 0 Å². The molecule has 0 saturated carbocycles. The average Bonchev–Trinajstić information content (AvgIpc) is 2.47. The van der Waals surface area contributed by atoms with Gasteiger partial charge in [0.15, 0.2) is 11.6 Å². The third-order valence-corrected chi connectivity index (χ3v) is 3.17. The lowest BCUT2D eigenvalue weighted by Crippen LogP contribution is -1.99. The van der Waals surface area contributed by atoms with E-state index in [9.17, 15) is 4.39 Å². The number of nitrogens with zero attached hydrogens (tertiary/aromatic N) is 1. The predicted octanol–water partition coefficient (Wildman–Crippen LogP) is 4.61. The van der Waals surface area contributed by atoms with E-state index in [4.69, 9.17) is 16.3 Å². The van der Waals surface area contributed by atoms with Crippen molar-refractivity contribution in [2.75, 3.05) is 0 Å². The lowest BCUT2D eigenvalue weighted by Gasteiger charge is -2.10. The Labute approximate surface area is 120 Å². The second-order valence-electron chi connectivity index (χ2n) is 4.36. The summed E-state index contributed by atoms with van der Waals surface area (Å²) in [5, 5.41) is 1.10. The number of aromatic nitrogens is 1. The van der Waals surface area contributed by atoms with Crippen LogP contribution in [0.5, 0.6) is 5.75 Å². The maximum Gasteiger partial charge on any atom is 0.181 e. The van der Waals surface area contributed by atoms with Gasteiger partial charge in [0.05, 0.1) is 0 Å². The standard InChI is InChI=1S/C16H11ClFNO/c17-14-9-7-12-6-8-13(18)16(15(12)19-14)20-10-11-4-2-1-3-5-11/h1-9H,10H2. The number of pyridine rings is 1. The third kappa shape index (κ3) is 2.58. The van der Waals surface area contributed by atoms with Crippen LogP contribution in [0.4, 0.5) is 4.39 Å². The number of benzene rings is 2. The maximum absolute atomic E-state index is 13.9. The Morgan fingerprint density at radius 3 is 2.55 bits per heavy atom. The molecule has 1 aromatic heterocycles. The van der Waals surface area contributed by atoms with Gasteiger partial charge in [0.1, 0.15) is 17.3 Å². The number of rotatable bonds is 3. The first kappa shape index (κ1) is 12.9. The molecular weight excluding hydrogens is 277 g/mol. The Morgan fingerprint density at radius 2 is 1.75 bits per heavy atom. The van der Waals surface area contributed by atoms with Gasteiger partial charge in [-0.05, 0) is 29.8 Å². The van der Waals surface area contributed by atoms with Gasteiger partial charge < -0.3 is 4.74 Å². The van der Waals surface area contributed by atoms with Crippen molar-refractivity contribution in [1.29, 1.82) is 0 Å². The van der Waals surface area contributed by atoms with Crippen molar-refractivity contribution in [3.05, 3.63) is 71.1 Å². The molecule has 0 radical (unpaired) electrons. The van der Waals surface area contributed by atoms with E-state index >= 15 is 0 Å². The van der Waals surface area contributed by atoms with Crippen molar-refractivity contribution in [3.8, 4) is 5.75 Å². The lowest BCUT2D eigenvalue weighted by molar-refractivity contribution is 0.294. The van der Waals surface area contributed by atoms with E-state index in [-0.39, 0.29) is 12.4 Å². The fourth-order valence-corrected chi connectivity index (χ4v) is 2.13. The first-order valence-electron chi connectivity index (χ1n) is 6.15. The Morgan fingerprint density at radius 1 is 1.00 bits per heavy atom. The maximum atomic E-state index is 13.9. The number of fused-ring (bicyclic) bond motifs is 1. The van der Waals surface area contributed by atoms with Crippen LogP contribution in [-0.2, 0) is 6.61 Å². The lowest BCUT2D eigenvalue weighted by atomic mass is 10.2. The van der Waals surface area contributed by atoms with Crippen molar-refractivity contribution < 1.29 is 9.13 Å². The van der Waals surface area contributed by atoms with Crippen molar-refractivity contribution in [1.82, 2.24) is 4.98 Å². The molecule has 0 aliphatic heterocycles. The molecule has 3 rings (SSSR count). The SMILES string of the molecule is Fc1ccc2ccc(Cl)nc2c1OCc1ccccc1. The van der Waals surface area contributed by atoms with Crippen LogP contribution in [0.2, 0.25) is 5.15 Å². The highest BCUT2D eigenvalue weighted by Gasteiger charge is 2.11. The molecule has 4 heteroatoms. The quantitative estimate of drug-likeness (QED) is 0.657. The zero-order chi connectivity index (χ0) is 13.9. The normalized spacial score (nSPS) is 10.7. The van der Waals surface area contributed by atoms with E-state index in [1.165, 1.54) is 6.07 Å². The minimum Gasteiger partial charge on any atom is -0.484 e.